The van der Waals surface area contributed by atoms with Crippen LogP contribution >= 0.6 is 34.8 Å². The molecule has 0 saturated carbocycles. The van der Waals surface area contributed by atoms with Gasteiger partial charge in [0.25, 0.3) is 5.91 Å². The Kier molecular flexibility index (Phi) is 4.86. The van der Waals surface area contributed by atoms with Gasteiger partial charge in [-0.25, -0.2) is 0 Å². The molecule has 1 aromatic heterocycles. The van der Waals surface area contributed by atoms with Crippen LogP contribution in [0.5, 0.6) is 11.5 Å². The Morgan fingerprint density at radius 2 is 1.89 bits per heavy atom. The molecule has 9 heteroatoms. The van der Waals surface area contributed by atoms with Crippen LogP contribution in [0.1, 0.15) is 15.9 Å². The largest absolute Gasteiger partial charge is 0.454 e. The number of anilines is 1. The smallest absolute Gasteiger partial charge is 0.257 e. The van der Waals surface area contributed by atoms with Gasteiger partial charge in [-0.3, -0.25) is 9.48 Å². The number of benzene rings is 2. The van der Waals surface area contributed by atoms with Crippen LogP contribution in [0.3, 0.4) is 0 Å². The summed E-state index contributed by atoms with van der Waals surface area (Å²) >= 11 is 18.3. The third-order valence-electron chi connectivity index (χ3n) is 3.93. The lowest BCUT2D eigenvalue weighted by atomic mass is 10.2. The van der Waals surface area contributed by atoms with Gasteiger partial charge < -0.3 is 14.8 Å². The number of carbonyl (C=O) groups excluding carboxylic acids is 1. The lowest BCUT2D eigenvalue weighted by Gasteiger charge is -2.06. The SMILES string of the molecule is O=C(Nc1nn(Cc2ccc(Cl)cc2Cl)cc1Cl)c1ccc2c(c1)OCO2. The van der Waals surface area contributed by atoms with Crippen LogP contribution in [0.4, 0.5) is 5.82 Å². The average Bonchev–Trinajstić information content (AvgIpc) is 3.23. The van der Waals surface area contributed by atoms with Gasteiger partial charge in [0.05, 0.1) is 6.54 Å². The normalized spacial score (nSPS) is 12.3. The molecule has 6 nitrogen and oxygen atoms in total. The number of nitrogens with zero attached hydrogens (tertiary/aromatic N) is 2. The van der Waals surface area contributed by atoms with Gasteiger partial charge in [-0.05, 0) is 35.9 Å². The lowest BCUT2D eigenvalue weighted by Crippen LogP contribution is -2.13. The van der Waals surface area contributed by atoms with Gasteiger partial charge in [-0.1, -0.05) is 40.9 Å². The zero-order valence-corrected chi connectivity index (χ0v) is 16.0. The second-order valence-corrected chi connectivity index (χ2v) is 7.03. The zero-order chi connectivity index (χ0) is 19.0. The molecule has 0 radical (unpaired) electrons. The number of fused-ring (bicyclic) bond motifs is 1. The van der Waals surface area contributed by atoms with Crippen LogP contribution in [0.2, 0.25) is 15.1 Å². The highest BCUT2D eigenvalue weighted by atomic mass is 35.5. The van der Waals surface area contributed by atoms with Crippen LogP contribution in [-0.2, 0) is 6.54 Å². The number of amides is 1. The highest BCUT2D eigenvalue weighted by Gasteiger charge is 2.18. The third kappa shape index (κ3) is 3.83. The van der Waals surface area contributed by atoms with Crippen LogP contribution in [0.25, 0.3) is 0 Å². The molecule has 1 N–H and O–H groups in total. The molecule has 2 heterocycles. The second-order valence-electron chi connectivity index (χ2n) is 5.78. The minimum absolute atomic E-state index is 0.143. The fraction of sp³-hybridized carbons (Fsp3) is 0.111. The van der Waals surface area contributed by atoms with Crippen LogP contribution < -0.4 is 14.8 Å². The molecule has 0 spiro atoms. The molecule has 0 bridgehead atoms. The Balaban J connectivity index is 1.50. The molecule has 0 unspecified atom stereocenters. The average molecular weight is 425 g/mol. The Bertz CT molecular complexity index is 1040. The van der Waals surface area contributed by atoms with Gasteiger partial charge in [0.2, 0.25) is 6.79 Å². The van der Waals surface area contributed by atoms with Gasteiger partial charge in [0, 0.05) is 21.8 Å². The highest BCUT2D eigenvalue weighted by molar-refractivity contribution is 6.35. The van der Waals surface area contributed by atoms with E-state index in [2.05, 4.69) is 10.4 Å². The first-order valence-electron chi connectivity index (χ1n) is 7.87. The van der Waals surface area contributed by atoms with E-state index in [-0.39, 0.29) is 18.5 Å². The number of hydrogen-bond donors (Lipinski definition) is 1. The van der Waals surface area contributed by atoms with Crippen molar-refractivity contribution >= 4 is 46.5 Å². The van der Waals surface area contributed by atoms with Gasteiger partial charge in [0.1, 0.15) is 5.02 Å². The first-order valence-corrected chi connectivity index (χ1v) is 9.01. The molecule has 1 amide bonds. The molecule has 27 heavy (non-hydrogen) atoms. The number of ether oxygens (including phenoxy) is 2. The van der Waals surface area contributed by atoms with Crippen molar-refractivity contribution in [2.45, 2.75) is 6.54 Å². The molecule has 138 valence electrons. The van der Waals surface area contributed by atoms with Crippen molar-refractivity contribution in [3.63, 3.8) is 0 Å². The summed E-state index contributed by atoms with van der Waals surface area (Å²) in [4.78, 5) is 12.5. The van der Waals surface area contributed by atoms with E-state index in [4.69, 9.17) is 44.3 Å². The Morgan fingerprint density at radius 3 is 2.70 bits per heavy atom. The van der Waals surface area contributed by atoms with E-state index in [1.165, 1.54) is 0 Å². The number of aromatic nitrogens is 2. The predicted octanol–water partition coefficient (Wildman–Crippen LogP) is 4.87. The molecule has 2 aromatic carbocycles. The van der Waals surface area contributed by atoms with Crippen molar-refractivity contribution in [3.8, 4) is 11.5 Å². The topological polar surface area (TPSA) is 65.4 Å². The maximum Gasteiger partial charge on any atom is 0.257 e. The van der Waals surface area contributed by atoms with E-state index in [0.29, 0.717) is 38.7 Å². The lowest BCUT2D eigenvalue weighted by molar-refractivity contribution is 0.102. The summed E-state index contributed by atoms with van der Waals surface area (Å²) in [5, 5.41) is 8.40. The fourth-order valence-electron chi connectivity index (χ4n) is 2.60. The molecule has 0 aliphatic carbocycles. The summed E-state index contributed by atoms with van der Waals surface area (Å²) in [6.45, 7) is 0.527. The summed E-state index contributed by atoms with van der Waals surface area (Å²) < 4.78 is 12.1. The number of hydrogen-bond acceptors (Lipinski definition) is 4. The minimum atomic E-state index is -0.357. The maximum atomic E-state index is 12.5. The highest BCUT2D eigenvalue weighted by Crippen LogP contribution is 2.33. The van der Waals surface area contributed by atoms with Crippen molar-refractivity contribution in [1.82, 2.24) is 9.78 Å². The first kappa shape index (κ1) is 18.0. The van der Waals surface area contributed by atoms with Crippen LogP contribution in [-0.4, -0.2) is 22.5 Å². The molecular formula is C18H12Cl3N3O3. The quantitative estimate of drug-likeness (QED) is 0.649. The monoisotopic (exact) mass is 423 g/mol. The molecular weight excluding hydrogens is 413 g/mol. The van der Waals surface area contributed by atoms with E-state index < -0.39 is 0 Å². The number of halogens is 3. The van der Waals surface area contributed by atoms with Crippen molar-refractivity contribution in [3.05, 3.63) is 68.8 Å². The number of carbonyl (C=O) groups is 1. The Labute approximate surface area is 169 Å². The second kappa shape index (κ2) is 7.31. The fourth-order valence-corrected chi connectivity index (χ4v) is 3.27. The standard InChI is InChI=1S/C18H12Cl3N3O3/c19-12-3-1-11(13(20)6-12)7-24-8-14(21)17(23-24)22-18(25)10-2-4-15-16(5-10)27-9-26-15/h1-6,8H,7,9H2,(H,22,23,25). The first-order chi connectivity index (χ1) is 13.0. The molecule has 1 aliphatic heterocycles. The molecule has 0 atom stereocenters. The van der Waals surface area contributed by atoms with E-state index in [9.17, 15) is 4.79 Å². The summed E-state index contributed by atoms with van der Waals surface area (Å²) in [6.07, 6.45) is 1.61. The number of rotatable bonds is 4. The van der Waals surface area contributed by atoms with Crippen molar-refractivity contribution in [2.75, 3.05) is 12.1 Å². The van der Waals surface area contributed by atoms with E-state index in [0.717, 1.165) is 5.56 Å². The van der Waals surface area contributed by atoms with Gasteiger partial charge in [-0.15, -0.1) is 0 Å². The molecule has 3 aromatic rings. The molecule has 4 rings (SSSR count). The predicted molar refractivity (Wildman–Crippen MR) is 103 cm³/mol. The van der Waals surface area contributed by atoms with E-state index in [1.54, 1.807) is 41.2 Å². The van der Waals surface area contributed by atoms with Crippen LogP contribution in [0.15, 0.2) is 42.6 Å². The third-order valence-corrected chi connectivity index (χ3v) is 4.79. The summed E-state index contributed by atoms with van der Waals surface area (Å²) in [5.74, 6) is 1.03. The molecule has 0 saturated heterocycles. The maximum absolute atomic E-state index is 12.5. The van der Waals surface area contributed by atoms with Crippen molar-refractivity contribution in [2.24, 2.45) is 0 Å². The summed E-state index contributed by atoms with van der Waals surface area (Å²) in [5.41, 5.74) is 1.24. The van der Waals surface area contributed by atoms with E-state index in [1.807, 2.05) is 6.07 Å². The Morgan fingerprint density at radius 1 is 1.07 bits per heavy atom. The van der Waals surface area contributed by atoms with Gasteiger partial charge in [0.15, 0.2) is 17.3 Å². The van der Waals surface area contributed by atoms with Crippen LogP contribution in [0, 0.1) is 0 Å². The van der Waals surface area contributed by atoms with Gasteiger partial charge >= 0.3 is 0 Å². The minimum Gasteiger partial charge on any atom is -0.454 e. The summed E-state index contributed by atoms with van der Waals surface area (Å²) in [6, 6.07) is 10.1. The Hall–Kier alpha value is -2.41. The van der Waals surface area contributed by atoms with Gasteiger partial charge in [-0.2, -0.15) is 5.10 Å². The molecule has 0 fully saturated rings. The number of nitrogens with one attached hydrogen (secondary N) is 1. The van der Waals surface area contributed by atoms with Crippen molar-refractivity contribution in [1.29, 1.82) is 0 Å². The zero-order valence-electron chi connectivity index (χ0n) is 13.7. The summed E-state index contributed by atoms with van der Waals surface area (Å²) in [7, 11) is 0. The molecule has 1 aliphatic rings. The van der Waals surface area contributed by atoms with E-state index >= 15 is 0 Å². The van der Waals surface area contributed by atoms with Crippen molar-refractivity contribution < 1.29 is 14.3 Å².